The van der Waals surface area contributed by atoms with E-state index in [4.69, 9.17) is 34.8 Å². The summed E-state index contributed by atoms with van der Waals surface area (Å²) in [5.74, 6) is 0. The highest BCUT2D eigenvalue weighted by Crippen LogP contribution is 2.39. The number of nitrogens with one attached hydrogen (secondary N) is 2. The van der Waals surface area contributed by atoms with Crippen molar-refractivity contribution in [3.8, 4) is 0 Å². The first-order valence-corrected chi connectivity index (χ1v) is 10.9. The molecule has 1 unspecified atom stereocenters. The minimum Gasteiger partial charge on any atom is -0.333 e. The Kier molecular flexibility index (Phi) is 5.77. The van der Waals surface area contributed by atoms with Gasteiger partial charge in [-0.3, -0.25) is 0 Å². The van der Waals surface area contributed by atoms with Crippen molar-refractivity contribution in [3.05, 3.63) is 54.1 Å². The lowest BCUT2D eigenvalue weighted by Gasteiger charge is -2.23. The van der Waals surface area contributed by atoms with Crippen LogP contribution in [0.5, 0.6) is 0 Å². The number of thioether (sulfide) groups is 1. The van der Waals surface area contributed by atoms with Gasteiger partial charge in [-0.25, -0.2) is 13.4 Å². The van der Waals surface area contributed by atoms with Crippen LogP contribution in [-0.4, -0.2) is 27.6 Å². The highest BCUT2D eigenvalue weighted by molar-refractivity contribution is 8.01. The lowest BCUT2D eigenvalue weighted by molar-refractivity contribution is 0.578. The predicted molar refractivity (Wildman–Crippen MR) is 108 cm³/mol. The van der Waals surface area contributed by atoms with Crippen molar-refractivity contribution < 1.29 is 8.42 Å². The molecule has 0 aliphatic rings. The number of hydrogen-bond donors (Lipinski definition) is 2. The number of rotatable bonds is 5. The second-order valence-electron chi connectivity index (χ2n) is 5.53. The van der Waals surface area contributed by atoms with Gasteiger partial charge in [-0.1, -0.05) is 76.4 Å². The minimum absolute atomic E-state index is 0.0903. The van der Waals surface area contributed by atoms with Crippen molar-refractivity contribution in [1.82, 2.24) is 14.7 Å². The van der Waals surface area contributed by atoms with Gasteiger partial charge in [0.25, 0.3) is 0 Å². The number of imidazole rings is 1. The van der Waals surface area contributed by atoms with E-state index in [1.807, 2.05) is 31.2 Å². The Morgan fingerprint density at radius 2 is 1.77 bits per heavy atom. The first-order chi connectivity index (χ1) is 12.1. The summed E-state index contributed by atoms with van der Waals surface area (Å²) in [5, 5.41) is -0.645. The van der Waals surface area contributed by atoms with E-state index in [-0.39, 0.29) is 4.90 Å². The highest BCUT2D eigenvalue weighted by Gasteiger charge is 2.38. The third-order valence-electron chi connectivity index (χ3n) is 3.49. The molecule has 0 saturated heterocycles. The van der Waals surface area contributed by atoms with E-state index in [0.717, 1.165) is 28.4 Å². The Hall–Kier alpha value is -0.960. The summed E-state index contributed by atoms with van der Waals surface area (Å²) in [4.78, 5) is 7.54. The van der Waals surface area contributed by atoms with Crippen molar-refractivity contribution in [1.29, 1.82) is 0 Å². The topological polar surface area (TPSA) is 74.8 Å². The average Bonchev–Trinajstić information content (AvgIpc) is 2.96. The Bertz CT molecular complexity index is 982. The zero-order chi connectivity index (χ0) is 18.9. The van der Waals surface area contributed by atoms with E-state index in [9.17, 15) is 8.42 Å². The van der Waals surface area contributed by atoms with Gasteiger partial charge in [-0.15, -0.1) is 0 Å². The minimum atomic E-state index is -3.88. The number of H-pyrrole nitrogens is 1. The molecule has 5 nitrogen and oxygen atoms in total. The molecule has 0 radical (unpaired) electrons. The Morgan fingerprint density at radius 3 is 2.38 bits per heavy atom. The summed E-state index contributed by atoms with van der Waals surface area (Å²) in [6.07, 6.45) is 0. The molecule has 0 spiro atoms. The van der Waals surface area contributed by atoms with Crippen molar-refractivity contribution in [2.45, 2.75) is 26.1 Å². The maximum Gasteiger partial charge on any atom is 0.241 e. The normalized spacial score (nSPS) is 13.8. The van der Waals surface area contributed by atoms with Gasteiger partial charge in [-0.05, 0) is 31.2 Å². The van der Waals surface area contributed by atoms with Gasteiger partial charge in [0.15, 0.2) is 5.16 Å². The maximum atomic E-state index is 12.6. The molecule has 2 N–H and O–H groups in total. The largest absolute Gasteiger partial charge is 0.333 e. The molecule has 0 fully saturated rings. The van der Waals surface area contributed by atoms with Crippen LogP contribution in [0.25, 0.3) is 11.0 Å². The summed E-state index contributed by atoms with van der Waals surface area (Å²) >= 11 is 19.0. The van der Waals surface area contributed by atoms with E-state index in [0.29, 0.717) is 5.16 Å². The van der Waals surface area contributed by atoms with Crippen molar-refractivity contribution in [2.24, 2.45) is 0 Å². The number of nitrogens with zero attached hydrogens (tertiary/aromatic N) is 1. The monoisotopic (exact) mass is 449 g/mol. The molecule has 1 atom stereocenters. The van der Waals surface area contributed by atoms with Crippen LogP contribution in [0.4, 0.5) is 0 Å². The summed E-state index contributed by atoms with van der Waals surface area (Å²) < 4.78 is 25.8. The van der Waals surface area contributed by atoms with E-state index in [2.05, 4.69) is 14.7 Å². The molecule has 26 heavy (non-hydrogen) atoms. The fourth-order valence-electron chi connectivity index (χ4n) is 2.18. The van der Waals surface area contributed by atoms with Crippen LogP contribution in [0, 0.1) is 6.92 Å². The fraction of sp³-hybridized carbons (Fsp3) is 0.188. The zero-order valence-corrected chi connectivity index (χ0v) is 17.3. The molecule has 0 bridgehead atoms. The SMILES string of the molecule is Cc1ccc(S(=O)(=O)NC(Sc2nc3ccccc3[nH]2)C(Cl)(Cl)Cl)cc1. The predicted octanol–water partition coefficient (Wildman–Crippen LogP) is 4.64. The second kappa shape index (κ2) is 7.58. The average molecular weight is 451 g/mol. The smallest absolute Gasteiger partial charge is 0.241 e. The van der Waals surface area contributed by atoms with E-state index < -0.39 is 19.2 Å². The molecule has 3 aromatic rings. The molecule has 3 rings (SSSR count). The molecule has 0 saturated carbocycles. The van der Waals surface area contributed by atoms with Gasteiger partial charge in [0, 0.05) is 0 Å². The standard InChI is InChI=1S/C16H14Cl3N3O2S2/c1-10-6-8-11(9-7-10)26(23,24)22-14(16(17,18)19)25-15-20-12-4-2-3-5-13(12)21-15/h2-9,14,22H,1H3,(H,20,21). The van der Waals surface area contributed by atoms with Crippen LogP contribution in [0.2, 0.25) is 0 Å². The number of alkyl halides is 3. The summed E-state index contributed by atoms with van der Waals surface area (Å²) in [7, 11) is -3.88. The molecule has 0 aliphatic carbocycles. The molecular weight excluding hydrogens is 437 g/mol. The first-order valence-electron chi connectivity index (χ1n) is 7.42. The number of benzene rings is 2. The second-order valence-corrected chi connectivity index (χ2v) is 10.7. The van der Waals surface area contributed by atoms with Crippen molar-refractivity contribution in [2.75, 3.05) is 0 Å². The number of hydrogen-bond acceptors (Lipinski definition) is 4. The molecule has 2 aromatic carbocycles. The van der Waals surface area contributed by atoms with Gasteiger partial charge in [-0.2, -0.15) is 4.72 Å². The first kappa shape index (κ1) is 19.8. The third kappa shape index (κ3) is 4.65. The van der Waals surface area contributed by atoms with E-state index in [1.54, 1.807) is 12.1 Å². The van der Waals surface area contributed by atoms with E-state index in [1.165, 1.54) is 12.1 Å². The van der Waals surface area contributed by atoms with Gasteiger partial charge in [0.05, 0.1) is 15.9 Å². The molecule has 10 heteroatoms. The number of sulfonamides is 1. The number of para-hydroxylation sites is 2. The van der Waals surface area contributed by atoms with Crippen molar-refractivity contribution >= 4 is 67.6 Å². The molecule has 1 aromatic heterocycles. The van der Waals surface area contributed by atoms with Gasteiger partial charge >= 0.3 is 0 Å². The van der Waals surface area contributed by atoms with Crippen LogP contribution in [0.3, 0.4) is 0 Å². The molecule has 1 heterocycles. The molecule has 0 amide bonds. The Morgan fingerprint density at radius 1 is 1.12 bits per heavy atom. The maximum absolute atomic E-state index is 12.6. The van der Waals surface area contributed by atoms with Crippen LogP contribution in [0.15, 0.2) is 58.6 Å². The van der Waals surface area contributed by atoms with Crippen LogP contribution < -0.4 is 4.72 Å². The van der Waals surface area contributed by atoms with E-state index >= 15 is 0 Å². The Labute approximate surface area is 170 Å². The number of aromatic amines is 1. The summed E-state index contributed by atoms with van der Waals surface area (Å²) in [6, 6.07) is 13.8. The zero-order valence-electron chi connectivity index (χ0n) is 13.4. The number of aromatic nitrogens is 2. The van der Waals surface area contributed by atoms with Gasteiger partial charge < -0.3 is 4.98 Å². The third-order valence-corrected chi connectivity index (χ3v) is 7.24. The summed E-state index contributed by atoms with van der Waals surface area (Å²) in [6.45, 7) is 1.87. The molecular formula is C16H14Cl3N3O2S2. The number of aryl methyl sites for hydroxylation is 1. The molecule has 0 aliphatic heterocycles. The lowest BCUT2D eigenvalue weighted by Crippen LogP contribution is -2.41. The van der Waals surface area contributed by atoms with Gasteiger partial charge in [0.1, 0.15) is 5.37 Å². The Balaban J connectivity index is 1.87. The fourth-order valence-corrected chi connectivity index (χ4v) is 5.28. The van der Waals surface area contributed by atoms with Gasteiger partial charge in [0.2, 0.25) is 13.8 Å². The summed E-state index contributed by atoms with van der Waals surface area (Å²) in [5.41, 5.74) is 2.48. The van der Waals surface area contributed by atoms with Crippen LogP contribution in [-0.2, 0) is 10.0 Å². The quantitative estimate of drug-likeness (QED) is 0.337. The van der Waals surface area contributed by atoms with Crippen LogP contribution in [0.1, 0.15) is 5.56 Å². The number of halogens is 3. The number of fused-ring (bicyclic) bond motifs is 1. The molecule has 138 valence electrons. The lowest BCUT2D eigenvalue weighted by atomic mass is 10.2. The van der Waals surface area contributed by atoms with Crippen molar-refractivity contribution in [3.63, 3.8) is 0 Å². The highest BCUT2D eigenvalue weighted by atomic mass is 35.6. The van der Waals surface area contributed by atoms with Crippen LogP contribution >= 0.6 is 46.6 Å².